The highest BCUT2D eigenvalue weighted by Crippen LogP contribution is 2.18. The Hall–Kier alpha value is 0.0300. The summed E-state index contributed by atoms with van der Waals surface area (Å²) in [6.45, 7) is 4.53. The fourth-order valence-corrected chi connectivity index (χ4v) is 2.21. The standard InChI is InChI=1S/C15H29Cl/c1-3-5-8-12-15(11-4-2)13-9-6-7-10-14-16/h8,12,15H,3-7,9-11,13-14H2,1-2H3/b12-8+. The minimum Gasteiger partial charge on any atom is -0.127 e. The molecule has 1 atom stereocenters. The van der Waals surface area contributed by atoms with Gasteiger partial charge in [0.05, 0.1) is 0 Å². The van der Waals surface area contributed by atoms with Crippen LogP contribution in [-0.4, -0.2) is 5.88 Å². The van der Waals surface area contributed by atoms with Gasteiger partial charge in [0.1, 0.15) is 0 Å². The lowest BCUT2D eigenvalue weighted by atomic mass is 9.95. The third-order valence-corrected chi connectivity index (χ3v) is 3.25. The van der Waals surface area contributed by atoms with Crippen LogP contribution in [-0.2, 0) is 0 Å². The van der Waals surface area contributed by atoms with E-state index in [0.717, 1.165) is 11.8 Å². The molecule has 0 N–H and O–H groups in total. The Bertz CT molecular complexity index is 152. The van der Waals surface area contributed by atoms with Crippen LogP contribution in [0.2, 0.25) is 0 Å². The van der Waals surface area contributed by atoms with Gasteiger partial charge in [-0.25, -0.2) is 0 Å². The topological polar surface area (TPSA) is 0 Å². The molecule has 0 fully saturated rings. The van der Waals surface area contributed by atoms with Gasteiger partial charge in [0.2, 0.25) is 0 Å². The Balaban J connectivity index is 3.58. The molecule has 1 heteroatoms. The third kappa shape index (κ3) is 10.5. The quantitative estimate of drug-likeness (QED) is 0.239. The number of halogens is 1. The summed E-state index contributed by atoms with van der Waals surface area (Å²) in [7, 11) is 0. The SMILES string of the molecule is CCC/C=C/C(CCC)CCCCCCCl. The van der Waals surface area contributed by atoms with E-state index in [1.807, 2.05) is 0 Å². The molecule has 0 aromatic heterocycles. The van der Waals surface area contributed by atoms with Crippen LogP contribution in [0.4, 0.5) is 0 Å². The summed E-state index contributed by atoms with van der Waals surface area (Å²) >= 11 is 5.67. The molecule has 96 valence electrons. The lowest BCUT2D eigenvalue weighted by molar-refractivity contribution is 0.495. The summed E-state index contributed by atoms with van der Waals surface area (Å²) in [6, 6.07) is 0. The Morgan fingerprint density at radius 1 is 0.938 bits per heavy atom. The van der Waals surface area contributed by atoms with Gasteiger partial charge >= 0.3 is 0 Å². The first-order chi connectivity index (χ1) is 7.85. The van der Waals surface area contributed by atoms with Gasteiger partial charge < -0.3 is 0 Å². The molecule has 0 aromatic rings. The van der Waals surface area contributed by atoms with Crippen molar-refractivity contribution in [2.45, 2.75) is 71.6 Å². The normalized spacial score (nSPS) is 13.4. The molecule has 0 heterocycles. The van der Waals surface area contributed by atoms with Crippen molar-refractivity contribution >= 4 is 11.6 Å². The van der Waals surface area contributed by atoms with Crippen molar-refractivity contribution in [1.82, 2.24) is 0 Å². The van der Waals surface area contributed by atoms with Crippen LogP contribution >= 0.6 is 11.6 Å². The Kier molecular flexibility index (Phi) is 13.1. The van der Waals surface area contributed by atoms with Crippen LogP contribution in [0.1, 0.15) is 71.6 Å². The van der Waals surface area contributed by atoms with Crippen LogP contribution < -0.4 is 0 Å². The van der Waals surface area contributed by atoms with Gasteiger partial charge in [-0.15, -0.1) is 11.6 Å². The monoisotopic (exact) mass is 244 g/mol. The van der Waals surface area contributed by atoms with E-state index in [4.69, 9.17) is 11.6 Å². The smallest absolute Gasteiger partial charge is 0.0223 e. The molecule has 0 rings (SSSR count). The lowest BCUT2D eigenvalue weighted by Crippen LogP contribution is -1.96. The van der Waals surface area contributed by atoms with Gasteiger partial charge in [0, 0.05) is 5.88 Å². The van der Waals surface area contributed by atoms with E-state index in [1.165, 1.54) is 57.8 Å². The van der Waals surface area contributed by atoms with Crippen LogP contribution in [0.5, 0.6) is 0 Å². The molecule has 0 aliphatic carbocycles. The lowest BCUT2D eigenvalue weighted by Gasteiger charge is -2.11. The second-order valence-electron chi connectivity index (χ2n) is 4.66. The highest BCUT2D eigenvalue weighted by atomic mass is 35.5. The summed E-state index contributed by atoms with van der Waals surface area (Å²) in [5, 5.41) is 0. The Labute approximate surface area is 107 Å². The Morgan fingerprint density at radius 3 is 2.31 bits per heavy atom. The Morgan fingerprint density at radius 2 is 1.69 bits per heavy atom. The molecule has 0 nitrogen and oxygen atoms in total. The first-order valence-electron chi connectivity index (χ1n) is 7.07. The summed E-state index contributed by atoms with van der Waals surface area (Å²) in [5.74, 6) is 1.65. The minimum absolute atomic E-state index is 0.826. The van der Waals surface area contributed by atoms with Crippen molar-refractivity contribution < 1.29 is 0 Å². The summed E-state index contributed by atoms with van der Waals surface area (Å²) in [6.07, 6.45) is 16.6. The maximum Gasteiger partial charge on any atom is 0.0223 e. The van der Waals surface area contributed by atoms with E-state index in [2.05, 4.69) is 26.0 Å². The number of hydrogen-bond acceptors (Lipinski definition) is 0. The molecule has 0 saturated heterocycles. The predicted octanol–water partition coefficient (Wildman–Crippen LogP) is 5.95. The van der Waals surface area contributed by atoms with Gasteiger partial charge in [-0.2, -0.15) is 0 Å². The highest BCUT2D eigenvalue weighted by Gasteiger charge is 2.02. The maximum absolute atomic E-state index is 5.67. The summed E-state index contributed by atoms with van der Waals surface area (Å²) < 4.78 is 0. The number of hydrogen-bond donors (Lipinski definition) is 0. The van der Waals surface area contributed by atoms with Crippen LogP contribution in [0.25, 0.3) is 0 Å². The van der Waals surface area contributed by atoms with E-state index < -0.39 is 0 Å². The minimum atomic E-state index is 0.826. The largest absolute Gasteiger partial charge is 0.127 e. The highest BCUT2D eigenvalue weighted by molar-refractivity contribution is 6.17. The fraction of sp³-hybridized carbons (Fsp3) is 0.867. The molecule has 0 amide bonds. The number of rotatable bonds is 11. The summed E-state index contributed by atoms with van der Waals surface area (Å²) in [5.41, 5.74) is 0. The van der Waals surface area contributed by atoms with Crippen LogP contribution in [0, 0.1) is 5.92 Å². The molecule has 0 radical (unpaired) electrons. The van der Waals surface area contributed by atoms with E-state index >= 15 is 0 Å². The zero-order valence-electron chi connectivity index (χ0n) is 11.2. The molecule has 0 saturated carbocycles. The molecular weight excluding hydrogens is 216 g/mol. The van der Waals surface area contributed by atoms with Crippen molar-refractivity contribution in [1.29, 1.82) is 0 Å². The van der Waals surface area contributed by atoms with Gasteiger partial charge in [0.15, 0.2) is 0 Å². The van der Waals surface area contributed by atoms with E-state index in [-0.39, 0.29) is 0 Å². The number of unbranched alkanes of at least 4 members (excludes halogenated alkanes) is 4. The first-order valence-corrected chi connectivity index (χ1v) is 7.61. The van der Waals surface area contributed by atoms with Gasteiger partial charge in [-0.1, -0.05) is 58.1 Å². The molecule has 0 aromatic carbocycles. The zero-order chi connectivity index (χ0) is 12.1. The molecule has 16 heavy (non-hydrogen) atoms. The van der Waals surface area contributed by atoms with Crippen molar-refractivity contribution in [2.24, 2.45) is 5.92 Å². The first kappa shape index (κ1) is 16.0. The van der Waals surface area contributed by atoms with Crippen LogP contribution in [0.15, 0.2) is 12.2 Å². The number of allylic oxidation sites excluding steroid dienone is 2. The van der Waals surface area contributed by atoms with Gasteiger partial charge in [-0.3, -0.25) is 0 Å². The second-order valence-corrected chi connectivity index (χ2v) is 5.04. The van der Waals surface area contributed by atoms with E-state index in [0.29, 0.717) is 0 Å². The van der Waals surface area contributed by atoms with Crippen molar-refractivity contribution in [3.8, 4) is 0 Å². The van der Waals surface area contributed by atoms with E-state index in [1.54, 1.807) is 0 Å². The molecule has 0 aliphatic rings. The van der Waals surface area contributed by atoms with E-state index in [9.17, 15) is 0 Å². The fourth-order valence-electron chi connectivity index (χ4n) is 2.02. The predicted molar refractivity (Wildman–Crippen MR) is 76.3 cm³/mol. The third-order valence-electron chi connectivity index (χ3n) is 2.98. The molecular formula is C15H29Cl. The summed E-state index contributed by atoms with van der Waals surface area (Å²) in [4.78, 5) is 0. The molecule has 0 spiro atoms. The second kappa shape index (κ2) is 13.1. The van der Waals surface area contributed by atoms with Crippen LogP contribution in [0.3, 0.4) is 0 Å². The number of alkyl halides is 1. The van der Waals surface area contributed by atoms with Crippen molar-refractivity contribution in [3.63, 3.8) is 0 Å². The van der Waals surface area contributed by atoms with Gasteiger partial charge in [-0.05, 0) is 31.6 Å². The average molecular weight is 245 g/mol. The van der Waals surface area contributed by atoms with Crippen molar-refractivity contribution in [3.05, 3.63) is 12.2 Å². The maximum atomic E-state index is 5.67. The molecule has 1 unspecified atom stereocenters. The van der Waals surface area contributed by atoms with Crippen molar-refractivity contribution in [2.75, 3.05) is 5.88 Å². The zero-order valence-corrected chi connectivity index (χ0v) is 11.9. The average Bonchev–Trinajstić information content (AvgIpc) is 2.29. The molecule has 0 bridgehead atoms. The van der Waals surface area contributed by atoms with Gasteiger partial charge in [0.25, 0.3) is 0 Å². The molecule has 0 aliphatic heterocycles.